The number of para-hydroxylation sites is 1. The van der Waals surface area contributed by atoms with Gasteiger partial charge >= 0.3 is 0 Å². The van der Waals surface area contributed by atoms with Crippen molar-refractivity contribution in [3.05, 3.63) is 59.2 Å². The smallest absolute Gasteiger partial charge is 0.262 e. The van der Waals surface area contributed by atoms with Gasteiger partial charge in [-0.2, -0.15) is 0 Å². The number of amides is 1. The zero-order chi connectivity index (χ0) is 22.0. The van der Waals surface area contributed by atoms with E-state index in [2.05, 4.69) is 9.62 Å². The molecule has 0 spiro atoms. The predicted octanol–water partition coefficient (Wildman–Crippen LogP) is 3.80. The fraction of sp³-hybridized carbons (Fsp3) is 0.458. The van der Waals surface area contributed by atoms with Gasteiger partial charge in [-0.25, -0.2) is 8.42 Å². The van der Waals surface area contributed by atoms with Crippen LogP contribution in [0.15, 0.2) is 47.4 Å². The van der Waals surface area contributed by atoms with Crippen molar-refractivity contribution in [2.75, 3.05) is 30.9 Å². The van der Waals surface area contributed by atoms with Crippen molar-refractivity contribution < 1.29 is 13.2 Å². The number of nitrogens with one attached hydrogen (secondary N) is 1. The number of rotatable bonds is 5. The van der Waals surface area contributed by atoms with Crippen molar-refractivity contribution in [3.8, 4) is 0 Å². The summed E-state index contributed by atoms with van der Waals surface area (Å²) >= 11 is 0. The third kappa shape index (κ3) is 4.77. The number of hydrogen-bond acceptors (Lipinski definition) is 4. The van der Waals surface area contributed by atoms with Gasteiger partial charge in [-0.1, -0.05) is 37.1 Å². The number of benzene rings is 2. The van der Waals surface area contributed by atoms with E-state index in [0.29, 0.717) is 35.9 Å². The second-order valence-corrected chi connectivity index (χ2v) is 10.3. The molecule has 1 aliphatic heterocycles. The highest BCUT2D eigenvalue weighted by Gasteiger charge is 2.29. The van der Waals surface area contributed by atoms with Gasteiger partial charge in [0.2, 0.25) is 0 Å². The number of sulfonamides is 1. The molecule has 2 fully saturated rings. The van der Waals surface area contributed by atoms with Crippen LogP contribution in [0.25, 0.3) is 0 Å². The molecule has 1 amide bonds. The summed E-state index contributed by atoms with van der Waals surface area (Å²) < 4.78 is 28.8. The van der Waals surface area contributed by atoms with Crippen molar-refractivity contribution in [2.45, 2.75) is 50.5 Å². The molecule has 7 heteroatoms. The maximum atomic E-state index is 13.3. The Balaban J connectivity index is 1.51. The van der Waals surface area contributed by atoms with Crippen LogP contribution in [0.2, 0.25) is 0 Å². The lowest BCUT2D eigenvalue weighted by Crippen LogP contribution is -2.51. The maximum Gasteiger partial charge on any atom is 0.262 e. The lowest BCUT2D eigenvalue weighted by Gasteiger charge is -2.38. The minimum atomic E-state index is -3.80. The van der Waals surface area contributed by atoms with Crippen LogP contribution >= 0.6 is 0 Å². The van der Waals surface area contributed by atoms with Crippen LogP contribution in [-0.4, -0.2) is 56.3 Å². The number of piperazine rings is 1. The van der Waals surface area contributed by atoms with Crippen LogP contribution in [0.1, 0.15) is 47.2 Å². The van der Waals surface area contributed by atoms with Gasteiger partial charge in [0, 0.05) is 32.2 Å². The summed E-state index contributed by atoms with van der Waals surface area (Å²) in [5.74, 6) is -0.120. The molecule has 0 radical (unpaired) electrons. The molecule has 0 atom stereocenters. The summed E-state index contributed by atoms with van der Waals surface area (Å²) in [6.07, 6.45) is 5.13. The number of aryl methyl sites for hydroxylation is 2. The van der Waals surface area contributed by atoms with Gasteiger partial charge in [0.1, 0.15) is 0 Å². The van der Waals surface area contributed by atoms with Gasteiger partial charge in [0.05, 0.1) is 16.1 Å². The molecule has 1 heterocycles. The quantitative estimate of drug-likeness (QED) is 0.766. The summed E-state index contributed by atoms with van der Waals surface area (Å²) in [5, 5.41) is 0. The monoisotopic (exact) mass is 441 g/mol. The molecule has 0 bridgehead atoms. The molecule has 2 aliphatic rings. The van der Waals surface area contributed by atoms with E-state index in [4.69, 9.17) is 0 Å². The molecular weight excluding hydrogens is 410 g/mol. The topological polar surface area (TPSA) is 69.7 Å². The van der Waals surface area contributed by atoms with Crippen molar-refractivity contribution in [1.29, 1.82) is 0 Å². The van der Waals surface area contributed by atoms with Crippen LogP contribution in [0.4, 0.5) is 5.69 Å². The first kappa shape index (κ1) is 21.8. The van der Waals surface area contributed by atoms with Gasteiger partial charge in [0.25, 0.3) is 15.9 Å². The highest BCUT2D eigenvalue weighted by molar-refractivity contribution is 7.92. The van der Waals surface area contributed by atoms with E-state index >= 15 is 0 Å². The molecule has 2 aromatic carbocycles. The molecule has 31 heavy (non-hydrogen) atoms. The third-order valence-electron chi connectivity index (χ3n) is 6.48. The van der Waals surface area contributed by atoms with Crippen molar-refractivity contribution >= 4 is 21.6 Å². The van der Waals surface area contributed by atoms with Gasteiger partial charge in [-0.05, 0) is 56.0 Å². The maximum absolute atomic E-state index is 13.3. The third-order valence-corrected chi connectivity index (χ3v) is 7.99. The Kier molecular flexibility index (Phi) is 6.34. The molecule has 0 unspecified atom stereocenters. The highest BCUT2D eigenvalue weighted by atomic mass is 32.2. The number of nitrogens with zero attached hydrogens (tertiary/aromatic N) is 2. The van der Waals surface area contributed by atoms with Crippen LogP contribution in [0.5, 0.6) is 0 Å². The first-order valence-electron chi connectivity index (χ1n) is 11.1. The predicted molar refractivity (Wildman–Crippen MR) is 123 cm³/mol. The second kappa shape index (κ2) is 9.01. The van der Waals surface area contributed by atoms with Gasteiger partial charge in [0.15, 0.2) is 0 Å². The largest absolute Gasteiger partial charge is 0.336 e. The van der Waals surface area contributed by atoms with E-state index in [0.717, 1.165) is 18.7 Å². The zero-order valence-electron chi connectivity index (χ0n) is 18.3. The second-order valence-electron chi connectivity index (χ2n) is 8.69. The molecule has 1 N–H and O–H groups in total. The Labute approximate surface area is 185 Å². The average molecular weight is 442 g/mol. The normalized spacial score (nSPS) is 18.3. The first-order chi connectivity index (χ1) is 14.8. The number of hydrogen-bond donors (Lipinski definition) is 1. The fourth-order valence-corrected chi connectivity index (χ4v) is 6.10. The number of carbonyl (C=O) groups is 1. The minimum absolute atomic E-state index is 0.120. The summed E-state index contributed by atoms with van der Waals surface area (Å²) in [7, 11) is -3.80. The van der Waals surface area contributed by atoms with E-state index in [1.54, 1.807) is 43.3 Å². The Morgan fingerprint density at radius 1 is 0.968 bits per heavy atom. The van der Waals surface area contributed by atoms with Crippen LogP contribution in [0, 0.1) is 13.8 Å². The van der Waals surface area contributed by atoms with Crippen LogP contribution < -0.4 is 4.72 Å². The van der Waals surface area contributed by atoms with Crippen molar-refractivity contribution in [1.82, 2.24) is 9.80 Å². The molecule has 6 nitrogen and oxygen atoms in total. The summed E-state index contributed by atoms with van der Waals surface area (Å²) in [4.78, 5) is 17.9. The summed E-state index contributed by atoms with van der Waals surface area (Å²) in [6, 6.07) is 12.9. The molecule has 0 aromatic heterocycles. The Morgan fingerprint density at radius 2 is 1.65 bits per heavy atom. The van der Waals surface area contributed by atoms with E-state index < -0.39 is 10.0 Å². The summed E-state index contributed by atoms with van der Waals surface area (Å²) in [6.45, 7) is 6.75. The number of anilines is 1. The van der Waals surface area contributed by atoms with E-state index in [1.807, 2.05) is 17.9 Å². The number of carbonyl (C=O) groups excluding carboxylic acids is 1. The van der Waals surface area contributed by atoms with Crippen LogP contribution in [-0.2, 0) is 10.0 Å². The Morgan fingerprint density at radius 3 is 2.35 bits per heavy atom. The molecule has 1 saturated carbocycles. The molecule has 1 aliphatic carbocycles. The Bertz CT molecular complexity index is 1050. The average Bonchev–Trinajstić information content (AvgIpc) is 3.30. The SMILES string of the molecule is Cc1ccc(C)c(S(=O)(=O)Nc2ccccc2C(=O)N2CCN(C3CCCC3)CC2)c1. The molecule has 166 valence electrons. The molecule has 1 saturated heterocycles. The van der Waals surface area contributed by atoms with E-state index in [-0.39, 0.29) is 10.8 Å². The zero-order valence-corrected chi connectivity index (χ0v) is 19.1. The minimum Gasteiger partial charge on any atom is -0.336 e. The van der Waals surface area contributed by atoms with Gasteiger partial charge in [-0.3, -0.25) is 14.4 Å². The Hall–Kier alpha value is -2.38. The fourth-order valence-electron chi connectivity index (χ4n) is 4.69. The van der Waals surface area contributed by atoms with Gasteiger partial charge < -0.3 is 4.90 Å². The highest BCUT2D eigenvalue weighted by Crippen LogP contribution is 2.26. The van der Waals surface area contributed by atoms with E-state index in [9.17, 15) is 13.2 Å². The lowest BCUT2D eigenvalue weighted by molar-refractivity contribution is 0.0574. The first-order valence-corrected chi connectivity index (χ1v) is 12.6. The lowest BCUT2D eigenvalue weighted by atomic mass is 10.1. The van der Waals surface area contributed by atoms with Gasteiger partial charge in [-0.15, -0.1) is 0 Å². The molecule has 4 rings (SSSR count). The standard InChI is InChI=1S/C24H31N3O3S/c1-18-11-12-19(2)23(17-18)31(29,30)25-22-10-6-5-9-21(22)24(28)27-15-13-26(14-16-27)20-7-3-4-8-20/h5-6,9-12,17,20,25H,3-4,7-8,13-16H2,1-2H3. The van der Waals surface area contributed by atoms with E-state index in [1.165, 1.54) is 25.7 Å². The van der Waals surface area contributed by atoms with Crippen molar-refractivity contribution in [2.24, 2.45) is 0 Å². The molecular formula is C24H31N3O3S. The summed E-state index contributed by atoms with van der Waals surface area (Å²) in [5.41, 5.74) is 2.26. The van der Waals surface area contributed by atoms with Crippen molar-refractivity contribution in [3.63, 3.8) is 0 Å². The molecule has 2 aromatic rings. The van der Waals surface area contributed by atoms with Crippen LogP contribution in [0.3, 0.4) is 0 Å².